The van der Waals surface area contributed by atoms with Crippen LogP contribution in [0, 0.1) is 5.82 Å². The molecular formula is C15H16FN3O2. The molecule has 0 atom stereocenters. The summed E-state index contributed by atoms with van der Waals surface area (Å²) in [7, 11) is 0. The van der Waals surface area contributed by atoms with Gasteiger partial charge in [-0.25, -0.2) is 9.18 Å². The minimum absolute atomic E-state index is 0.152. The van der Waals surface area contributed by atoms with Gasteiger partial charge in [-0.15, -0.1) is 0 Å². The second kappa shape index (κ2) is 6.60. The smallest absolute Gasteiger partial charge is 0.323 e. The van der Waals surface area contributed by atoms with Crippen LogP contribution in [0.1, 0.15) is 6.92 Å². The summed E-state index contributed by atoms with van der Waals surface area (Å²) in [6.07, 6.45) is 0. The summed E-state index contributed by atoms with van der Waals surface area (Å²) >= 11 is 0. The third-order valence-corrected chi connectivity index (χ3v) is 2.63. The highest BCUT2D eigenvalue weighted by Gasteiger charge is 2.07. The first-order valence-corrected chi connectivity index (χ1v) is 6.44. The van der Waals surface area contributed by atoms with Crippen LogP contribution < -0.4 is 21.1 Å². The fraction of sp³-hybridized carbons (Fsp3) is 0.133. The van der Waals surface area contributed by atoms with Gasteiger partial charge in [-0.05, 0) is 37.3 Å². The van der Waals surface area contributed by atoms with E-state index in [0.717, 1.165) is 0 Å². The van der Waals surface area contributed by atoms with Crippen molar-refractivity contribution >= 4 is 23.1 Å². The van der Waals surface area contributed by atoms with Gasteiger partial charge >= 0.3 is 6.03 Å². The summed E-state index contributed by atoms with van der Waals surface area (Å²) in [5.74, 6) is -0.377. The molecule has 0 radical (unpaired) electrons. The van der Waals surface area contributed by atoms with Crippen molar-refractivity contribution in [2.45, 2.75) is 6.92 Å². The maximum absolute atomic E-state index is 13.7. The van der Waals surface area contributed by atoms with Gasteiger partial charge in [0.1, 0.15) is 0 Å². The summed E-state index contributed by atoms with van der Waals surface area (Å²) in [5.41, 5.74) is 7.04. The lowest BCUT2D eigenvalue weighted by Gasteiger charge is -2.10. The number of anilines is 3. The second-order valence-electron chi connectivity index (χ2n) is 4.28. The van der Waals surface area contributed by atoms with Crippen molar-refractivity contribution < 1.29 is 13.9 Å². The van der Waals surface area contributed by atoms with Crippen molar-refractivity contribution in [3.05, 3.63) is 48.3 Å². The summed E-state index contributed by atoms with van der Waals surface area (Å²) in [6.45, 7) is 2.14. The van der Waals surface area contributed by atoms with E-state index < -0.39 is 11.8 Å². The van der Waals surface area contributed by atoms with Gasteiger partial charge in [0.15, 0.2) is 11.6 Å². The fourth-order valence-electron chi connectivity index (χ4n) is 1.76. The van der Waals surface area contributed by atoms with E-state index in [4.69, 9.17) is 10.5 Å². The Morgan fingerprint density at radius 3 is 2.52 bits per heavy atom. The molecule has 2 rings (SSSR count). The molecule has 2 amide bonds. The van der Waals surface area contributed by atoms with Crippen molar-refractivity contribution in [1.82, 2.24) is 0 Å². The molecule has 0 aliphatic carbocycles. The van der Waals surface area contributed by atoms with Crippen LogP contribution in [0.15, 0.2) is 42.5 Å². The average Bonchev–Trinajstić information content (AvgIpc) is 2.42. The van der Waals surface area contributed by atoms with Crippen LogP contribution in [0.4, 0.5) is 26.2 Å². The van der Waals surface area contributed by atoms with E-state index in [1.807, 2.05) is 0 Å². The first-order valence-electron chi connectivity index (χ1n) is 6.44. The number of halogens is 1. The average molecular weight is 289 g/mol. The number of ether oxygens (including phenoxy) is 1. The van der Waals surface area contributed by atoms with Crippen LogP contribution in [-0.4, -0.2) is 12.6 Å². The minimum Gasteiger partial charge on any atom is -0.491 e. The highest BCUT2D eigenvalue weighted by atomic mass is 19.1. The zero-order valence-electron chi connectivity index (χ0n) is 11.5. The molecule has 5 nitrogen and oxygen atoms in total. The molecule has 2 aromatic carbocycles. The van der Waals surface area contributed by atoms with E-state index >= 15 is 0 Å². The molecule has 110 valence electrons. The number of hydrogen-bond acceptors (Lipinski definition) is 3. The Bertz CT molecular complexity index is 647. The van der Waals surface area contributed by atoms with Crippen LogP contribution in [0.3, 0.4) is 0 Å². The molecule has 0 aliphatic rings. The van der Waals surface area contributed by atoms with E-state index in [2.05, 4.69) is 10.6 Å². The molecule has 0 fully saturated rings. The molecule has 0 bridgehead atoms. The van der Waals surface area contributed by atoms with Gasteiger partial charge in [-0.2, -0.15) is 0 Å². The first-order chi connectivity index (χ1) is 10.1. The van der Waals surface area contributed by atoms with Gasteiger partial charge in [0, 0.05) is 23.1 Å². The molecule has 0 aliphatic heterocycles. The zero-order valence-corrected chi connectivity index (χ0v) is 11.5. The number of nitrogens with one attached hydrogen (secondary N) is 2. The monoisotopic (exact) mass is 289 g/mol. The lowest BCUT2D eigenvalue weighted by Crippen LogP contribution is -2.19. The molecule has 0 saturated heterocycles. The largest absolute Gasteiger partial charge is 0.491 e. The summed E-state index contributed by atoms with van der Waals surface area (Å²) in [5, 5.41) is 5.14. The van der Waals surface area contributed by atoms with Crippen molar-refractivity contribution in [3.8, 4) is 5.75 Å². The normalized spacial score (nSPS) is 10.0. The summed E-state index contributed by atoms with van der Waals surface area (Å²) < 4.78 is 18.7. The Kier molecular flexibility index (Phi) is 4.61. The third-order valence-electron chi connectivity index (χ3n) is 2.63. The topological polar surface area (TPSA) is 76.4 Å². The molecule has 0 unspecified atom stereocenters. The van der Waals surface area contributed by atoms with Crippen LogP contribution in [-0.2, 0) is 0 Å². The third kappa shape index (κ3) is 4.10. The number of benzene rings is 2. The SMILES string of the molecule is CCOc1ccc(NC(=O)Nc2cccc(N)c2)cc1F. The number of nitrogens with two attached hydrogens (primary N) is 1. The zero-order chi connectivity index (χ0) is 15.2. The van der Waals surface area contributed by atoms with Crippen LogP contribution in [0.5, 0.6) is 5.75 Å². The highest BCUT2D eigenvalue weighted by Crippen LogP contribution is 2.21. The molecule has 6 heteroatoms. The summed E-state index contributed by atoms with van der Waals surface area (Å²) in [6, 6.07) is 10.5. The molecular weight excluding hydrogens is 273 g/mol. The molecule has 4 N–H and O–H groups in total. The summed E-state index contributed by atoms with van der Waals surface area (Å²) in [4.78, 5) is 11.8. The van der Waals surface area contributed by atoms with Gasteiger partial charge < -0.3 is 21.1 Å². The van der Waals surface area contributed by atoms with Crippen molar-refractivity contribution in [2.75, 3.05) is 23.0 Å². The molecule has 2 aromatic rings. The molecule has 0 spiro atoms. The number of urea groups is 1. The Labute approximate surface area is 121 Å². The lowest BCUT2D eigenvalue weighted by atomic mass is 10.3. The van der Waals surface area contributed by atoms with Crippen LogP contribution >= 0.6 is 0 Å². The number of rotatable bonds is 4. The highest BCUT2D eigenvalue weighted by molar-refractivity contribution is 6.00. The first kappa shape index (κ1) is 14.6. The predicted octanol–water partition coefficient (Wildman–Crippen LogP) is 3.45. The van der Waals surface area contributed by atoms with Crippen molar-refractivity contribution in [3.63, 3.8) is 0 Å². The van der Waals surface area contributed by atoms with E-state index in [1.54, 1.807) is 37.3 Å². The van der Waals surface area contributed by atoms with Crippen molar-refractivity contribution in [1.29, 1.82) is 0 Å². The van der Waals surface area contributed by atoms with E-state index in [1.165, 1.54) is 12.1 Å². The van der Waals surface area contributed by atoms with Gasteiger partial charge in [0.05, 0.1) is 6.61 Å². The fourth-order valence-corrected chi connectivity index (χ4v) is 1.76. The Morgan fingerprint density at radius 2 is 1.90 bits per heavy atom. The van der Waals surface area contributed by atoms with Gasteiger partial charge in [-0.3, -0.25) is 0 Å². The maximum atomic E-state index is 13.7. The maximum Gasteiger partial charge on any atom is 0.323 e. The Morgan fingerprint density at radius 1 is 1.19 bits per heavy atom. The molecule has 21 heavy (non-hydrogen) atoms. The standard InChI is InChI=1S/C15H16FN3O2/c1-2-21-14-7-6-12(9-13(14)16)19-15(20)18-11-5-3-4-10(17)8-11/h3-9H,2,17H2,1H3,(H2,18,19,20). The minimum atomic E-state index is -0.529. The number of carbonyl (C=O) groups is 1. The van der Waals surface area contributed by atoms with Crippen LogP contribution in [0.25, 0.3) is 0 Å². The Balaban J connectivity index is 2.01. The van der Waals surface area contributed by atoms with Gasteiger partial charge in [-0.1, -0.05) is 6.07 Å². The van der Waals surface area contributed by atoms with E-state index in [9.17, 15) is 9.18 Å². The molecule has 0 aromatic heterocycles. The van der Waals surface area contributed by atoms with E-state index in [-0.39, 0.29) is 5.75 Å². The number of amides is 2. The van der Waals surface area contributed by atoms with Gasteiger partial charge in [0.25, 0.3) is 0 Å². The molecule has 0 heterocycles. The number of nitrogen functional groups attached to an aromatic ring is 1. The Hall–Kier alpha value is -2.76. The van der Waals surface area contributed by atoms with E-state index in [0.29, 0.717) is 23.7 Å². The molecule has 0 saturated carbocycles. The van der Waals surface area contributed by atoms with Crippen molar-refractivity contribution in [2.24, 2.45) is 0 Å². The second-order valence-corrected chi connectivity index (χ2v) is 4.28. The lowest BCUT2D eigenvalue weighted by molar-refractivity contribution is 0.262. The van der Waals surface area contributed by atoms with Gasteiger partial charge in [0.2, 0.25) is 0 Å². The number of hydrogen-bond donors (Lipinski definition) is 3. The predicted molar refractivity (Wildman–Crippen MR) is 81.1 cm³/mol. The number of carbonyl (C=O) groups excluding carboxylic acids is 1. The quantitative estimate of drug-likeness (QED) is 0.754. The van der Waals surface area contributed by atoms with Crippen LogP contribution in [0.2, 0.25) is 0 Å².